The second-order valence-corrected chi connectivity index (χ2v) is 8.13. The first-order valence-corrected chi connectivity index (χ1v) is 9.92. The van der Waals surface area contributed by atoms with Gasteiger partial charge in [0.25, 0.3) is 0 Å². The third-order valence-corrected chi connectivity index (χ3v) is 5.90. The van der Waals surface area contributed by atoms with Gasteiger partial charge in [-0.3, -0.25) is 0 Å². The molecule has 0 aromatic heterocycles. The van der Waals surface area contributed by atoms with E-state index >= 15 is 0 Å². The van der Waals surface area contributed by atoms with Gasteiger partial charge in [0.2, 0.25) is 0 Å². The van der Waals surface area contributed by atoms with E-state index in [0.29, 0.717) is 11.3 Å². The molecule has 0 spiro atoms. The number of rotatable bonds is 6. The van der Waals surface area contributed by atoms with Gasteiger partial charge in [0.15, 0.2) is 15.8 Å². The topological polar surface area (TPSA) is 84.5 Å². The number of hydrogen-bond acceptors (Lipinski definition) is 3. The van der Waals surface area contributed by atoms with Crippen LogP contribution in [0.3, 0.4) is 0 Å². The van der Waals surface area contributed by atoms with Crippen LogP contribution in [0.15, 0.2) is 58.4 Å². The zero-order chi connectivity index (χ0) is 18.4. The fraction of sp³-hybridized carbons (Fsp3) is 0.316. The van der Waals surface area contributed by atoms with Crippen molar-refractivity contribution in [3.05, 3.63) is 59.7 Å². The molecule has 25 heavy (non-hydrogen) atoms. The van der Waals surface area contributed by atoms with Crippen LogP contribution >= 0.6 is 0 Å². The molecule has 0 aliphatic carbocycles. The minimum absolute atomic E-state index is 0.0666. The molecule has 0 radical (unpaired) electrons. The summed E-state index contributed by atoms with van der Waals surface area (Å²) in [5.41, 5.74) is 9.16. The van der Waals surface area contributed by atoms with Crippen LogP contribution in [0.2, 0.25) is 0 Å². The van der Waals surface area contributed by atoms with Gasteiger partial charge < -0.3 is 11.1 Å². The monoisotopic (exact) mass is 359 g/mol. The highest BCUT2D eigenvalue weighted by Crippen LogP contribution is 2.16. The van der Waals surface area contributed by atoms with Crippen molar-refractivity contribution in [1.29, 1.82) is 0 Å². The molecule has 2 aromatic carbocycles. The van der Waals surface area contributed by atoms with Crippen molar-refractivity contribution < 1.29 is 8.42 Å². The summed E-state index contributed by atoms with van der Waals surface area (Å²) in [7, 11) is -3.39. The predicted octanol–water partition coefficient (Wildman–Crippen LogP) is 3.28. The number of hydrogen-bond donors (Lipinski definition) is 2. The minimum atomic E-state index is -3.39. The van der Waals surface area contributed by atoms with E-state index in [-0.39, 0.29) is 11.7 Å². The van der Waals surface area contributed by atoms with E-state index in [0.717, 1.165) is 11.3 Å². The van der Waals surface area contributed by atoms with Crippen LogP contribution in [0.25, 0.3) is 0 Å². The lowest BCUT2D eigenvalue weighted by Gasteiger charge is -2.14. The highest BCUT2D eigenvalue weighted by atomic mass is 32.2. The average Bonchev–Trinajstić information content (AvgIpc) is 2.58. The number of aliphatic imine (C=N–C) groups is 1. The Hall–Kier alpha value is -2.34. The summed E-state index contributed by atoms with van der Waals surface area (Å²) in [6.45, 7) is 5.96. The maximum atomic E-state index is 12.5. The second-order valence-electron chi connectivity index (χ2n) is 6.09. The van der Waals surface area contributed by atoms with E-state index in [4.69, 9.17) is 5.73 Å². The highest BCUT2D eigenvalue weighted by molar-refractivity contribution is 7.91. The van der Waals surface area contributed by atoms with Gasteiger partial charge in [-0.1, -0.05) is 31.2 Å². The molecule has 0 aliphatic rings. The average molecular weight is 359 g/mol. The van der Waals surface area contributed by atoms with Crippen LogP contribution in [0.1, 0.15) is 24.5 Å². The molecule has 2 rings (SSSR count). The van der Waals surface area contributed by atoms with Gasteiger partial charge in [0, 0.05) is 5.69 Å². The third kappa shape index (κ3) is 5.32. The molecule has 0 heterocycles. The number of guanidine groups is 1. The van der Waals surface area contributed by atoms with Crippen LogP contribution in [-0.2, 0) is 9.84 Å². The molecule has 0 amide bonds. The fourth-order valence-corrected chi connectivity index (χ4v) is 4.00. The number of sulfone groups is 1. The number of anilines is 1. The van der Waals surface area contributed by atoms with E-state index in [9.17, 15) is 8.42 Å². The Morgan fingerprint density at radius 3 is 2.40 bits per heavy atom. The van der Waals surface area contributed by atoms with Crippen molar-refractivity contribution in [3.8, 4) is 0 Å². The normalized spacial score (nSPS) is 13.5. The van der Waals surface area contributed by atoms with Crippen molar-refractivity contribution in [1.82, 2.24) is 0 Å². The first-order chi connectivity index (χ1) is 11.8. The highest BCUT2D eigenvalue weighted by Gasteiger charge is 2.20. The van der Waals surface area contributed by atoms with Crippen LogP contribution in [-0.4, -0.2) is 26.2 Å². The van der Waals surface area contributed by atoms with Gasteiger partial charge >= 0.3 is 0 Å². The standard InChI is InChI=1S/C19H25N3O2S/c1-4-16(13-25(23,24)18-8-6-5-7-9-18)21-19(20)22-17-11-10-14(2)15(3)12-17/h5-12,16H,4,13H2,1-3H3,(H3,20,21,22). The number of aryl methyl sites for hydroxylation is 2. The fourth-order valence-electron chi connectivity index (χ4n) is 2.42. The Kier molecular flexibility index (Phi) is 6.20. The third-order valence-electron chi connectivity index (χ3n) is 4.09. The summed E-state index contributed by atoms with van der Waals surface area (Å²) in [5, 5.41) is 3.03. The molecule has 134 valence electrons. The van der Waals surface area contributed by atoms with Gasteiger partial charge in [-0.05, 0) is 55.7 Å². The first kappa shape index (κ1) is 19.0. The molecule has 3 N–H and O–H groups in total. The van der Waals surface area contributed by atoms with Gasteiger partial charge in [-0.2, -0.15) is 0 Å². The zero-order valence-electron chi connectivity index (χ0n) is 14.9. The minimum Gasteiger partial charge on any atom is -0.370 e. The van der Waals surface area contributed by atoms with E-state index < -0.39 is 15.9 Å². The molecule has 2 aromatic rings. The van der Waals surface area contributed by atoms with Crippen LogP contribution < -0.4 is 11.1 Å². The summed E-state index contributed by atoms with van der Waals surface area (Å²) in [6, 6.07) is 13.9. The van der Waals surface area contributed by atoms with E-state index in [2.05, 4.69) is 10.3 Å². The van der Waals surface area contributed by atoms with Gasteiger partial charge in [0.1, 0.15) is 0 Å². The van der Waals surface area contributed by atoms with Crippen LogP contribution in [0, 0.1) is 13.8 Å². The maximum absolute atomic E-state index is 12.5. The van der Waals surface area contributed by atoms with Crippen molar-refractivity contribution in [3.63, 3.8) is 0 Å². The van der Waals surface area contributed by atoms with E-state index in [1.54, 1.807) is 30.3 Å². The zero-order valence-corrected chi connectivity index (χ0v) is 15.7. The number of benzene rings is 2. The SMILES string of the molecule is CCC(CS(=O)(=O)c1ccccc1)N=C(N)Nc1ccc(C)c(C)c1. The Balaban J connectivity index is 2.11. The number of nitrogens with two attached hydrogens (primary N) is 1. The van der Waals surface area contributed by atoms with Crippen molar-refractivity contribution in [2.75, 3.05) is 11.1 Å². The lowest BCUT2D eigenvalue weighted by molar-refractivity contribution is 0.584. The predicted molar refractivity (Wildman–Crippen MR) is 104 cm³/mol. The Morgan fingerprint density at radius 2 is 1.80 bits per heavy atom. The summed E-state index contributed by atoms with van der Waals surface area (Å²) < 4.78 is 25.0. The van der Waals surface area contributed by atoms with Gasteiger partial charge in [-0.25, -0.2) is 13.4 Å². The molecule has 1 unspecified atom stereocenters. The molecule has 0 fully saturated rings. The molecule has 1 atom stereocenters. The molecule has 0 aliphatic heterocycles. The number of nitrogens with one attached hydrogen (secondary N) is 1. The summed E-state index contributed by atoms with van der Waals surface area (Å²) in [5.74, 6) is 0.154. The van der Waals surface area contributed by atoms with Gasteiger partial charge in [-0.15, -0.1) is 0 Å². The molecule has 0 bridgehead atoms. The lowest BCUT2D eigenvalue weighted by atomic mass is 10.1. The smallest absolute Gasteiger partial charge is 0.193 e. The van der Waals surface area contributed by atoms with E-state index in [1.807, 2.05) is 39.0 Å². The molecule has 0 saturated heterocycles. The van der Waals surface area contributed by atoms with E-state index in [1.165, 1.54) is 5.56 Å². The van der Waals surface area contributed by atoms with Crippen molar-refractivity contribution in [2.45, 2.75) is 38.1 Å². The quantitative estimate of drug-likeness (QED) is 0.612. The molecule has 5 nitrogen and oxygen atoms in total. The molecule has 6 heteroatoms. The molecular weight excluding hydrogens is 334 g/mol. The first-order valence-electron chi connectivity index (χ1n) is 8.27. The molecular formula is C19H25N3O2S. The van der Waals surface area contributed by atoms with Crippen molar-refractivity contribution >= 4 is 21.5 Å². The number of nitrogens with zero attached hydrogens (tertiary/aromatic N) is 1. The van der Waals surface area contributed by atoms with Gasteiger partial charge in [0.05, 0.1) is 16.7 Å². The Labute approximate surface area is 149 Å². The summed E-state index contributed by atoms with van der Waals surface area (Å²) in [4.78, 5) is 4.67. The largest absolute Gasteiger partial charge is 0.370 e. The second kappa shape index (κ2) is 8.16. The summed E-state index contributed by atoms with van der Waals surface area (Å²) >= 11 is 0. The Bertz CT molecular complexity index is 846. The maximum Gasteiger partial charge on any atom is 0.193 e. The van der Waals surface area contributed by atoms with Crippen molar-refractivity contribution in [2.24, 2.45) is 10.7 Å². The van der Waals surface area contributed by atoms with Crippen LogP contribution in [0.4, 0.5) is 5.69 Å². The lowest BCUT2D eigenvalue weighted by Crippen LogP contribution is -2.28. The summed E-state index contributed by atoms with van der Waals surface area (Å²) in [6.07, 6.45) is 0.585. The Morgan fingerprint density at radius 1 is 1.12 bits per heavy atom. The molecule has 0 saturated carbocycles. The van der Waals surface area contributed by atoms with Crippen LogP contribution in [0.5, 0.6) is 0 Å².